The first-order valence-corrected chi connectivity index (χ1v) is 22.0. The van der Waals surface area contributed by atoms with Crippen LogP contribution in [0.5, 0.6) is 0 Å². The number of allylic oxidation sites excluding steroid dienone is 8. The van der Waals surface area contributed by atoms with Crippen LogP contribution in [0, 0.1) is 0 Å². The summed E-state index contributed by atoms with van der Waals surface area (Å²) in [7, 11) is 0. The summed E-state index contributed by atoms with van der Waals surface area (Å²) in [6.07, 6.45) is 48.7. The summed E-state index contributed by atoms with van der Waals surface area (Å²) in [6.45, 7) is 4.82. The molecule has 0 aliphatic rings. The Labute approximate surface area is 326 Å². The van der Waals surface area contributed by atoms with Gasteiger partial charge in [-0.3, -0.25) is 9.59 Å². The Morgan fingerprint density at radius 1 is 0.566 bits per heavy atom. The SMILES string of the molecule is CC/C=C\C/C=C\C/C=C\C/C=C\CCCCCCCCC(=O)OC(CCCCCCCCCC)CCCCCCCC(=O)NC(CCCN)C(=O)O. The Morgan fingerprint density at radius 3 is 1.57 bits per heavy atom. The van der Waals surface area contributed by atoms with Crippen LogP contribution in [0.2, 0.25) is 0 Å². The van der Waals surface area contributed by atoms with Gasteiger partial charge in [0.1, 0.15) is 12.1 Å². The van der Waals surface area contributed by atoms with Crippen molar-refractivity contribution in [3.05, 3.63) is 48.6 Å². The number of aliphatic carboxylic acids is 1. The summed E-state index contributed by atoms with van der Waals surface area (Å²) >= 11 is 0. The number of unbranched alkanes of at least 4 members (excludes halogenated alkanes) is 17. The number of nitrogens with two attached hydrogens (primary N) is 1. The van der Waals surface area contributed by atoms with Gasteiger partial charge in [-0.2, -0.15) is 0 Å². The van der Waals surface area contributed by atoms with Crippen LogP contribution in [0.25, 0.3) is 0 Å². The number of amides is 1. The molecule has 7 nitrogen and oxygen atoms in total. The maximum atomic E-state index is 12.8. The van der Waals surface area contributed by atoms with Gasteiger partial charge in [-0.15, -0.1) is 0 Å². The van der Waals surface area contributed by atoms with Gasteiger partial charge in [0, 0.05) is 12.8 Å². The molecule has 306 valence electrons. The largest absolute Gasteiger partial charge is 0.480 e. The Hall–Kier alpha value is -2.67. The number of carbonyl (C=O) groups excluding carboxylic acids is 2. The number of rotatable bonds is 39. The van der Waals surface area contributed by atoms with Gasteiger partial charge in [-0.05, 0) is 96.4 Å². The zero-order valence-electron chi connectivity index (χ0n) is 34.4. The van der Waals surface area contributed by atoms with E-state index in [9.17, 15) is 19.5 Å². The molecule has 0 fully saturated rings. The number of carboxylic acids is 1. The Bertz CT molecular complexity index is 973. The molecule has 0 heterocycles. The summed E-state index contributed by atoms with van der Waals surface area (Å²) in [5.41, 5.74) is 5.48. The smallest absolute Gasteiger partial charge is 0.326 e. The van der Waals surface area contributed by atoms with E-state index in [2.05, 4.69) is 67.8 Å². The van der Waals surface area contributed by atoms with E-state index in [1.807, 2.05) is 0 Å². The molecule has 0 rings (SSSR count). The fourth-order valence-corrected chi connectivity index (χ4v) is 6.38. The van der Waals surface area contributed by atoms with E-state index in [0.717, 1.165) is 96.3 Å². The molecule has 0 aromatic heterocycles. The van der Waals surface area contributed by atoms with Crippen molar-refractivity contribution >= 4 is 17.8 Å². The maximum absolute atomic E-state index is 12.8. The van der Waals surface area contributed by atoms with Gasteiger partial charge in [0.25, 0.3) is 0 Å². The second-order valence-corrected chi connectivity index (χ2v) is 14.7. The van der Waals surface area contributed by atoms with Crippen LogP contribution in [0.15, 0.2) is 48.6 Å². The molecule has 53 heavy (non-hydrogen) atoms. The first-order chi connectivity index (χ1) is 25.9. The highest BCUT2D eigenvalue weighted by molar-refractivity contribution is 5.83. The maximum Gasteiger partial charge on any atom is 0.326 e. The average Bonchev–Trinajstić information content (AvgIpc) is 3.14. The third-order valence-corrected chi connectivity index (χ3v) is 9.66. The molecule has 0 aromatic carbocycles. The van der Waals surface area contributed by atoms with Crippen molar-refractivity contribution in [2.24, 2.45) is 5.73 Å². The average molecular weight is 743 g/mol. The van der Waals surface area contributed by atoms with Crippen molar-refractivity contribution in [2.75, 3.05) is 6.54 Å². The van der Waals surface area contributed by atoms with Gasteiger partial charge in [-0.1, -0.05) is 152 Å². The van der Waals surface area contributed by atoms with Crippen LogP contribution in [-0.4, -0.2) is 41.6 Å². The minimum Gasteiger partial charge on any atom is -0.480 e. The normalized spacial score (nSPS) is 13.1. The molecule has 2 atom stereocenters. The van der Waals surface area contributed by atoms with Crippen molar-refractivity contribution in [1.29, 1.82) is 0 Å². The van der Waals surface area contributed by atoms with Crippen molar-refractivity contribution in [2.45, 2.75) is 219 Å². The van der Waals surface area contributed by atoms with Crippen LogP contribution in [-0.2, 0) is 19.1 Å². The number of nitrogens with one attached hydrogen (secondary N) is 1. The van der Waals surface area contributed by atoms with Crippen LogP contribution in [0.3, 0.4) is 0 Å². The van der Waals surface area contributed by atoms with Gasteiger partial charge >= 0.3 is 11.9 Å². The highest BCUT2D eigenvalue weighted by Gasteiger charge is 2.19. The minimum atomic E-state index is -1.01. The van der Waals surface area contributed by atoms with Crippen LogP contribution in [0.4, 0.5) is 0 Å². The topological polar surface area (TPSA) is 119 Å². The van der Waals surface area contributed by atoms with E-state index in [4.69, 9.17) is 10.5 Å². The molecule has 0 aliphatic carbocycles. The molecule has 0 aromatic rings. The van der Waals surface area contributed by atoms with Gasteiger partial charge < -0.3 is 20.9 Å². The number of carbonyl (C=O) groups is 3. The molecule has 0 spiro atoms. The van der Waals surface area contributed by atoms with Crippen molar-refractivity contribution in [1.82, 2.24) is 5.32 Å². The molecule has 7 heteroatoms. The predicted molar refractivity (Wildman–Crippen MR) is 225 cm³/mol. The lowest BCUT2D eigenvalue weighted by Gasteiger charge is -2.18. The quantitative estimate of drug-likeness (QED) is 0.0328. The predicted octanol–water partition coefficient (Wildman–Crippen LogP) is 12.4. The molecule has 4 N–H and O–H groups in total. The van der Waals surface area contributed by atoms with Gasteiger partial charge in [0.2, 0.25) is 5.91 Å². The lowest BCUT2D eigenvalue weighted by Crippen LogP contribution is -2.40. The highest BCUT2D eigenvalue weighted by atomic mass is 16.5. The number of hydrogen-bond acceptors (Lipinski definition) is 5. The standard InChI is InChI=1S/C46H82N2O5/c1-3-5-7-9-11-13-14-15-16-17-18-19-20-21-22-23-25-30-34-40-45(50)53-42(36-31-27-24-12-10-8-6-4-2)37-32-28-26-29-33-39-44(49)48-43(46(51)52)38-35-41-47/h5,7,11,13,15-16,18-19,42-43H,3-4,6,8-10,12,14,17,20-41,47H2,1-2H3,(H,48,49)(H,51,52)/b7-5-,13-11-,16-15-,19-18-. The van der Waals surface area contributed by atoms with E-state index in [0.29, 0.717) is 32.2 Å². The number of carboxylic acid groups (broad SMARTS) is 1. The van der Waals surface area contributed by atoms with E-state index in [1.165, 1.54) is 70.6 Å². The van der Waals surface area contributed by atoms with Crippen molar-refractivity contribution in [3.63, 3.8) is 0 Å². The molecule has 1 amide bonds. The van der Waals surface area contributed by atoms with Crippen molar-refractivity contribution < 1.29 is 24.2 Å². The molecule has 0 saturated heterocycles. The highest BCUT2D eigenvalue weighted by Crippen LogP contribution is 2.19. The van der Waals surface area contributed by atoms with Crippen LogP contribution < -0.4 is 11.1 Å². The molecule has 0 aliphatic heterocycles. The first-order valence-electron chi connectivity index (χ1n) is 22.0. The van der Waals surface area contributed by atoms with E-state index < -0.39 is 12.0 Å². The molecular formula is C46H82N2O5. The lowest BCUT2D eigenvalue weighted by molar-refractivity contribution is -0.150. The number of ether oxygens (including phenoxy) is 1. The fourth-order valence-electron chi connectivity index (χ4n) is 6.38. The Kier molecular flexibility index (Phi) is 38.5. The monoisotopic (exact) mass is 743 g/mol. The third-order valence-electron chi connectivity index (χ3n) is 9.66. The van der Waals surface area contributed by atoms with Gasteiger partial charge in [-0.25, -0.2) is 4.79 Å². The summed E-state index contributed by atoms with van der Waals surface area (Å²) in [5, 5.41) is 11.9. The minimum absolute atomic E-state index is 0.00760. The summed E-state index contributed by atoms with van der Waals surface area (Å²) in [6, 6.07) is -0.857. The van der Waals surface area contributed by atoms with E-state index in [-0.39, 0.29) is 18.0 Å². The van der Waals surface area contributed by atoms with Gasteiger partial charge in [0.05, 0.1) is 0 Å². The Morgan fingerprint density at radius 2 is 1.04 bits per heavy atom. The van der Waals surface area contributed by atoms with E-state index in [1.54, 1.807) is 0 Å². The lowest BCUT2D eigenvalue weighted by atomic mass is 10.0. The zero-order chi connectivity index (χ0) is 38.9. The second-order valence-electron chi connectivity index (χ2n) is 14.7. The summed E-state index contributed by atoms with van der Waals surface area (Å²) < 4.78 is 6.02. The van der Waals surface area contributed by atoms with Crippen LogP contribution in [0.1, 0.15) is 206 Å². The molecule has 2 unspecified atom stereocenters. The molecular weight excluding hydrogens is 661 g/mol. The summed E-state index contributed by atoms with van der Waals surface area (Å²) in [4.78, 5) is 36.3. The zero-order valence-corrected chi connectivity index (χ0v) is 34.4. The first kappa shape index (κ1) is 50.3. The fraction of sp³-hybridized carbons (Fsp3) is 0.761. The molecule has 0 bridgehead atoms. The van der Waals surface area contributed by atoms with E-state index >= 15 is 0 Å². The Balaban J connectivity index is 4.21. The third kappa shape index (κ3) is 37.4. The molecule has 0 saturated carbocycles. The number of hydrogen-bond donors (Lipinski definition) is 3. The van der Waals surface area contributed by atoms with Gasteiger partial charge in [0.15, 0.2) is 0 Å². The van der Waals surface area contributed by atoms with Crippen molar-refractivity contribution in [3.8, 4) is 0 Å². The second kappa shape index (κ2) is 40.5. The number of esters is 1. The summed E-state index contributed by atoms with van der Waals surface area (Å²) in [5.74, 6) is -1.25. The van der Waals surface area contributed by atoms with Crippen LogP contribution >= 0.6 is 0 Å². The molecule has 0 radical (unpaired) electrons.